The maximum atomic E-state index is 5.86. The first-order chi connectivity index (χ1) is 8.54. The van der Waals surface area contributed by atoms with Crippen molar-refractivity contribution in [3.63, 3.8) is 0 Å². The molecule has 0 aromatic carbocycles. The summed E-state index contributed by atoms with van der Waals surface area (Å²) in [5.74, 6) is 1.85. The molecule has 1 rings (SSSR count). The number of anilines is 2. The Hall–Kier alpha value is -1.49. The maximum Gasteiger partial charge on any atom is 0.239 e. The van der Waals surface area contributed by atoms with Gasteiger partial charge in [0.25, 0.3) is 0 Å². The van der Waals surface area contributed by atoms with E-state index in [1.807, 2.05) is 26.2 Å². The Morgan fingerprint density at radius 2 is 2.17 bits per heavy atom. The molecule has 1 aromatic rings. The Kier molecular flexibility index (Phi) is 5.71. The lowest BCUT2D eigenvalue weighted by Crippen LogP contribution is -2.27. The van der Waals surface area contributed by atoms with Crippen molar-refractivity contribution in [2.45, 2.75) is 13.8 Å². The largest absolute Gasteiger partial charge is 0.476 e. The second-order valence-corrected chi connectivity index (χ2v) is 4.79. The highest BCUT2D eigenvalue weighted by molar-refractivity contribution is 5.54. The number of pyridine rings is 1. The summed E-state index contributed by atoms with van der Waals surface area (Å²) in [6, 6.07) is 3.75. The van der Waals surface area contributed by atoms with Gasteiger partial charge in [-0.25, -0.2) is 0 Å². The molecule has 1 aromatic heterocycles. The van der Waals surface area contributed by atoms with Crippen molar-refractivity contribution >= 4 is 11.5 Å². The second-order valence-electron chi connectivity index (χ2n) is 4.79. The van der Waals surface area contributed by atoms with Crippen molar-refractivity contribution in [2.75, 3.05) is 44.4 Å². The normalized spacial score (nSPS) is 10.7. The molecule has 0 radical (unpaired) electrons. The van der Waals surface area contributed by atoms with E-state index in [0.29, 0.717) is 24.1 Å². The fraction of sp³-hybridized carbons (Fsp3) is 0.615. The second kappa shape index (κ2) is 7.06. The third-order valence-corrected chi connectivity index (χ3v) is 2.52. The molecule has 0 saturated carbocycles. The van der Waals surface area contributed by atoms with Gasteiger partial charge in [-0.05, 0) is 25.1 Å². The first kappa shape index (κ1) is 14.6. The SMILES string of the molecule is CNCCN(C)c1ccc(N)c(OCC(C)C)n1. The van der Waals surface area contributed by atoms with Crippen LogP contribution in [0.1, 0.15) is 13.8 Å². The minimum atomic E-state index is 0.455. The van der Waals surface area contributed by atoms with Crippen LogP contribution >= 0.6 is 0 Å². The molecule has 0 saturated heterocycles. The smallest absolute Gasteiger partial charge is 0.239 e. The number of rotatable bonds is 7. The van der Waals surface area contributed by atoms with E-state index in [1.165, 1.54) is 0 Å². The fourth-order valence-corrected chi connectivity index (χ4v) is 1.41. The molecule has 18 heavy (non-hydrogen) atoms. The summed E-state index contributed by atoms with van der Waals surface area (Å²) in [5.41, 5.74) is 6.44. The number of hydrogen-bond acceptors (Lipinski definition) is 5. The average Bonchev–Trinajstić information content (AvgIpc) is 2.34. The molecule has 3 N–H and O–H groups in total. The number of nitrogens with zero attached hydrogens (tertiary/aromatic N) is 2. The molecule has 0 unspecified atom stereocenters. The van der Waals surface area contributed by atoms with E-state index in [9.17, 15) is 0 Å². The van der Waals surface area contributed by atoms with Crippen LogP contribution in [-0.2, 0) is 0 Å². The van der Waals surface area contributed by atoms with E-state index in [4.69, 9.17) is 10.5 Å². The number of likely N-dealkylation sites (N-methyl/N-ethyl adjacent to an activating group) is 2. The third kappa shape index (κ3) is 4.41. The van der Waals surface area contributed by atoms with Gasteiger partial charge in [0.2, 0.25) is 5.88 Å². The Labute approximate surface area is 109 Å². The molecule has 0 spiro atoms. The van der Waals surface area contributed by atoms with E-state index in [0.717, 1.165) is 18.9 Å². The van der Waals surface area contributed by atoms with Gasteiger partial charge in [0.1, 0.15) is 5.82 Å². The maximum absolute atomic E-state index is 5.86. The van der Waals surface area contributed by atoms with Gasteiger partial charge in [-0.3, -0.25) is 0 Å². The van der Waals surface area contributed by atoms with Crippen molar-refractivity contribution in [2.24, 2.45) is 5.92 Å². The number of ether oxygens (including phenoxy) is 1. The summed E-state index contributed by atoms with van der Waals surface area (Å²) >= 11 is 0. The van der Waals surface area contributed by atoms with Crippen LogP contribution in [0.4, 0.5) is 11.5 Å². The third-order valence-electron chi connectivity index (χ3n) is 2.52. The lowest BCUT2D eigenvalue weighted by molar-refractivity contribution is 0.263. The highest BCUT2D eigenvalue weighted by atomic mass is 16.5. The molecule has 0 bridgehead atoms. The first-order valence-electron chi connectivity index (χ1n) is 6.29. The monoisotopic (exact) mass is 252 g/mol. The van der Waals surface area contributed by atoms with Gasteiger partial charge in [0.05, 0.1) is 12.3 Å². The van der Waals surface area contributed by atoms with Crippen LogP contribution in [0.5, 0.6) is 5.88 Å². The van der Waals surface area contributed by atoms with Gasteiger partial charge in [-0.2, -0.15) is 4.98 Å². The summed E-state index contributed by atoms with van der Waals surface area (Å²) < 4.78 is 5.62. The van der Waals surface area contributed by atoms with Gasteiger partial charge in [0, 0.05) is 20.1 Å². The molecule has 0 fully saturated rings. The molecule has 0 amide bonds. The number of aromatic nitrogens is 1. The quantitative estimate of drug-likeness (QED) is 0.767. The summed E-state index contributed by atoms with van der Waals surface area (Å²) in [6.07, 6.45) is 0. The molecule has 5 heteroatoms. The van der Waals surface area contributed by atoms with Crippen LogP contribution in [0.25, 0.3) is 0 Å². The zero-order chi connectivity index (χ0) is 13.5. The van der Waals surface area contributed by atoms with Crippen molar-refractivity contribution in [1.29, 1.82) is 0 Å². The van der Waals surface area contributed by atoms with Gasteiger partial charge in [-0.15, -0.1) is 0 Å². The van der Waals surface area contributed by atoms with Crippen LogP contribution in [0, 0.1) is 5.92 Å². The Balaban J connectivity index is 2.73. The van der Waals surface area contributed by atoms with Crippen molar-refractivity contribution in [1.82, 2.24) is 10.3 Å². The minimum absolute atomic E-state index is 0.455. The molecule has 0 aliphatic rings. The summed E-state index contributed by atoms with van der Waals surface area (Å²) in [7, 11) is 3.93. The van der Waals surface area contributed by atoms with Crippen molar-refractivity contribution in [3.05, 3.63) is 12.1 Å². The highest BCUT2D eigenvalue weighted by Crippen LogP contribution is 2.22. The van der Waals surface area contributed by atoms with Crippen LogP contribution in [0.15, 0.2) is 12.1 Å². The predicted molar refractivity (Wildman–Crippen MR) is 76.2 cm³/mol. The molecular formula is C13H24N4O. The van der Waals surface area contributed by atoms with Crippen LogP contribution < -0.4 is 20.7 Å². The summed E-state index contributed by atoms with van der Waals surface area (Å²) in [4.78, 5) is 6.52. The van der Waals surface area contributed by atoms with Crippen LogP contribution in [0.3, 0.4) is 0 Å². The predicted octanol–water partition coefficient (Wildman–Crippen LogP) is 1.35. The van der Waals surface area contributed by atoms with Crippen LogP contribution in [-0.4, -0.2) is 38.8 Å². The molecule has 0 aliphatic heterocycles. The van der Waals surface area contributed by atoms with Gasteiger partial charge in [-0.1, -0.05) is 13.8 Å². The molecule has 5 nitrogen and oxygen atoms in total. The topological polar surface area (TPSA) is 63.4 Å². The number of hydrogen-bond donors (Lipinski definition) is 2. The number of nitrogen functional groups attached to an aromatic ring is 1. The average molecular weight is 252 g/mol. The Morgan fingerprint density at radius 3 is 2.78 bits per heavy atom. The molecule has 1 heterocycles. The number of nitrogens with two attached hydrogens (primary N) is 1. The lowest BCUT2D eigenvalue weighted by atomic mass is 10.2. The highest BCUT2D eigenvalue weighted by Gasteiger charge is 2.08. The van der Waals surface area contributed by atoms with Crippen molar-refractivity contribution < 1.29 is 4.74 Å². The molecule has 0 atom stereocenters. The zero-order valence-corrected chi connectivity index (χ0v) is 11.7. The Morgan fingerprint density at radius 1 is 1.44 bits per heavy atom. The van der Waals surface area contributed by atoms with E-state index >= 15 is 0 Å². The number of nitrogens with one attached hydrogen (secondary N) is 1. The van der Waals surface area contributed by atoms with Crippen LogP contribution in [0.2, 0.25) is 0 Å². The Bertz CT molecular complexity index is 368. The van der Waals surface area contributed by atoms with Gasteiger partial charge >= 0.3 is 0 Å². The minimum Gasteiger partial charge on any atom is -0.476 e. The van der Waals surface area contributed by atoms with E-state index in [-0.39, 0.29) is 0 Å². The van der Waals surface area contributed by atoms with E-state index in [1.54, 1.807) is 0 Å². The fourth-order valence-electron chi connectivity index (χ4n) is 1.41. The molecule has 0 aliphatic carbocycles. The van der Waals surface area contributed by atoms with E-state index in [2.05, 4.69) is 29.0 Å². The zero-order valence-electron chi connectivity index (χ0n) is 11.7. The first-order valence-corrected chi connectivity index (χ1v) is 6.29. The van der Waals surface area contributed by atoms with Gasteiger partial charge < -0.3 is 20.7 Å². The summed E-state index contributed by atoms with van der Waals surface area (Å²) in [6.45, 7) is 6.61. The lowest BCUT2D eigenvalue weighted by Gasteiger charge is -2.19. The molecular weight excluding hydrogens is 228 g/mol. The molecule has 102 valence electrons. The van der Waals surface area contributed by atoms with Gasteiger partial charge in [0.15, 0.2) is 0 Å². The van der Waals surface area contributed by atoms with Crippen molar-refractivity contribution in [3.8, 4) is 5.88 Å². The summed E-state index contributed by atoms with van der Waals surface area (Å²) in [5, 5.41) is 3.11. The van der Waals surface area contributed by atoms with E-state index < -0.39 is 0 Å². The standard InChI is InChI=1S/C13H24N4O/c1-10(2)9-18-13-11(14)5-6-12(16-13)17(4)8-7-15-3/h5-6,10,15H,7-9,14H2,1-4H3.